The number of hydrogen-bond donors (Lipinski definition) is 1. The van der Waals surface area contributed by atoms with Crippen LogP contribution in [-0.4, -0.2) is 23.1 Å². The Kier molecular flexibility index (Phi) is 3.94. The van der Waals surface area contributed by atoms with Crippen molar-refractivity contribution < 1.29 is 4.39 Å². The minimum atomic E-state index is -0.229. The van der Waals surface area contributed by atoms with Gasteiger partial charge in [0.25, 0.3) is 0 Å². The van der Waals surface area contributed by atoms with Gasteiger partial charge in [-0.1, -0.05) is 6.92 Å². The number of thiocarbonyl (C=S) groups is 1. The van der Waals surface area contributed by atoms with Gasteiger partial charge >= 0.3 is 0 Å². The molecule has 17 heavy (non-hydrogen) atoms. The summed E-state index contributed by atoms with van der Waals surface area (Å²) in [5, 5.41) is 3.89. The Labute approximate surface area is 107 Å². The molecule has 0 spiro atoms. The van der Waals surface area contributed by atoms with Crippen LogP contribution >= 0.6 is 12.2 Å². The summed E-state index contributed by atoms with van der Waals surface area (Å²) >= 11 is 5.36. The monoisotopic (exact) mass is 252 g/mol. The summed E-state index contributed by atoms with van der Waals surface area (Å²) in [4.78, 5) is 2.19. The van der Waals surface area contributed by atoms with Crippen molar-refractivity contribution in [1.29, 1.82) is 0 Å². The number of hydrogen-bond acceptors (Lipinski definition) is 1. The highest BCUT2D eigenvalue weighted by Gasteiger charge is 2.18. The van der Waals surface area contributed by atoms with Crippen LogP contribution in [0.1, 0.15) is 19.8 Å². The van der Waals surface area contributed by atoms with Crippen molar-refractivity contribution >= 4 is 23.0 Å². The van der Waals surface area contributed by atoms with Crippen molar-refractivity contribution in [2.45, 2.75) is 19.8 Å². The lowest BCUT2D eigenvalue weighted by atomic mass is 10.0. The Bertz CT molecular complexity index is 391. The molecule has 1 aromatic carbocycles. The van der Waals surface area contributed by atoms with Crippen molar-refractivity contribution in [3.63, 3.8) is 0 Å². The van der Waals surface area contributed by atoms with Crippen LogP contribution in [0.2, 0.25) is 0 Å². The van der Waals surface area contributed by atoms with E-state index in [0.717, 1.165) is 23.9 Å². The average Bonchev–Trinajstić information content (AvgIpc) is 2.32. The van der Waals surface area contributed by atoms with Gasteiger partial charge in [-0.3, -0.25) is 0 Å². The summed E-state index contributed by atoms with van der Waals surface area (Å²) in [6.07, 6.45) is 2.46. The van der Waals surface area contributed by atoms with Crippen LogP contribution in [-0.2, 0) is 0 Å². The van der Waals surface area contributed by atoms with E-state index in [9.17, 15) is 4.39 Å². The molecule has 0 amide bonds. The van der Waals surface area contributed by atoms with Gasteiger partial charge in [0.2, 0.25) is 0 Å². The molecule has 1 fully saturated rings. The smallest absolute Gasteiger partial charge is 0.173 e. The fraction of sp³-hybridized carbons (Fsp3) is 0.462. The highest BCUT2D eigenvalue weighted by molar-refractivity contribution is 7.80. The zero-order valence-corrected chi connectivity index (χ0v) is 10.8. The molecular weight excluding hydrogens is 235 g/mol. The summed E-state index contributed by atoms with van der Waals surface area (Å²) < 4.78 is 12.8. The van der Waals surface area contributed by atoms with Crippen molar-refractivity contribution in [3.8, 4) is 0 Å². The topological polar surface area (TPSA) is 15.3 Å². The minimum absolute atomic E-state index is 0.229. The molecule has 1 heterocycles. The standard InChI is InChI=1S/C13H17FN2S/c1-10-3-2-8-16(9-10)13(17)15-12-6-4-11(14)5-7-12/h4-7,10H,2-3,8-9H2,1H3,(H,15,17)/t10-/m0/s1. The third-order valence-corrected chi connectivity index (χ3v) is 3.40. The third kappa shape index (κ3) is 3.40. The highest BCUT2D eigenvalue weighted by atomic mass is 32.1. The lowest BCUT2D eigenvalue weighted by Crippen LogP contribution is -2.41. The first-order valence-corrected chi connectivity index (χ1v) is 6.37. The van der Waals surface area contributed by atoms with Gasteiger partial charge in [-0.05, 0) is 55.2 Å². The van der Waals surface area contributed by atoms with E-state index in [4.69, 9.17) is 12.2 Å². The van der Waals surface area contributed by atoms with Crippen molar-refractivity contribution in [2.75, 3.05) is 18.4 Å². The second kappa shape index (κ2) is 5.45. The van der Waals surface area contributed by atoms with Crippen molar-refractivity contribution in [3.05, 3.63) is 30.1 Å². The van der Waals surface area contributed by atoms with Crippen molar-refractivity contribution in [1.82, 2.24) is 4.90 Å². The SMILES string of the molecule is C[C@H]1CCCN(C(=S)Nc2ccc(F)cc2)C1. The third-order valence-electron chi connectivity index (χ3n) is 3.04. The van der Waals surface area contributed by atoms with E-state index in [1.807, 2.05) is 0 Å². The number of halogens is 1. The summed E-state index contributed by atoms with van der Waals surface area (Å²) in [5.74, 6) is 0.463. The Balaban J connectivity index is 1.94. The molecule has 0 aliphatic carbocycles. The zero-order valence-electron chi connectivity index (χ0n) is 9.95. The van der Waals surface area contributed by atoms with E-state index in [1.165, 1.54) is 25.0 Å². The molecular formula is C13H17FN2S. The van der Waals surface area contributed by atoms with Gasteiger partial charge in [0, 0.05) is 18.8 Å². The van der Waals surface area contributed by atoms with Gasteiger partial charge in [-0.25, -0.2) is 4.39 Å². The summed E-state index contributed by atoms with van der Waals surface area (Å²) in [7, 11) is 0. The van der Waals surface area contributed by atoms with Crippen molar-refractivity contribution in [2.24, 2.45) is 5.92 Å². The molecule has 0 unspecified atom stereocenters. The molecule has 1 aromatic rings. The van der Waals surface area contributed by atoms with Gasteiger partial charge in [0.15, 0.2) is 5.11 Å². The molecule has 0 saturated carbocycles. The molecule has 1 saturated heterocycles. The van der Waals surface area contributed by atoms with Gasteiger partial charge in [0.1, 0.15) is 5.82 Å². The first kappa shape index (κ1) is 12.3. The number of nitrogens with one attached hydrogen (secondary N) is 1. The number of benzene rings is 1. The van der Waals surface area contributed by atoms with Crippen LogP contribution in [0.25, 0.3) is 0 Å². The normalized spacial score (nSPS) is 20.1. The highest BCUT2D eigenvalue weighted by Crippen LogP contribution is 2.17. The largest absolute Gasteiger partial charge is 0.349 e. The maximum absolute atomic E-state index is 12.8. The average molecular weight is 252 g/mol. The van der Waals surface area contributed by atoms with Crippen LogP contribution < -0.4 is 5.32 Å². The molecule has 4 heteroatoms. The quantitative estimate of drug-likeness (QED) is 0.772. The molecule has 1 aliphatic heterocycles. The van der Waals surface area contributed by atoms with Gasteiger partial charge < -0.3 is 10.2 Å². The second-order valence-corrected chi connectivity index (χ2v) is 5.02. The van der Waals surface area contributed by atoms with Crippen LogP contribution in [0.4, 0.5) is 10.1 Å². The maximum atomic E-state index is 12.8. The molecule has 2 rings (SSSR count). The van der Waals surface area contributed by atoms with Gasteiger partial charge in [-0.15, -0.1) is 0 Å². The van der Waals surface area contributed by atoms with Gasteiger partial charge in [0.05, 0.1) is 0 Å². The van der Waals surface area contributed by atoms with E-state index >= 15 is 0 Å². The van der Waals surface area contributed by atoms with E-state index < -0.39 is 0 Å². The lowest BCUT2D eigenvalue weighted by Gasteiger charge is -2.33. The summed E-state index contributed by atoms with van der Waals surface area (Å²) in [5.41, 5.74) is 0.842. The number of nitrogens with zero attached hydrogens (tertiary/aromatic N) is 1. The fourth-order valence-corrected chi connectivity index (χ4v) is 2.39. The van der Waals surface area contributed by atoms with Crippen LogP contribution in [0, 0.1) is 11.7 Å². The Morgan fingerprint density at radius 3 is 2.76 bits per heavy atom. The predicted molar refractivity (Wildman–Crippen MR) is 72.6 cm³/mol. The Hall–Kier alpha value is -1.16. The predicted octanol–water partition coefficient (Wildman–Crippen LogP) is 3.25. The van der Waals surface area contributed by atoms with Gasteiger partial charge in [-0.2, -0.15) is 0 Å². The van der Waals surface area contributed by atoms with E-state index in [0.29, 0.717) is 5.92 Å². The first-order valence-electron chi connectivity index (χ1n) is 5.96. The van der Waals surface area contributed by atoms with E-state index in [-0.39, 0.29) is 5.82 Å². The molecule has 0 bridgehead atoms. The Morgan fingerprint density at radius 1 is 1.41 bits per heavy atom. The van der Waals surface area contributed by atoms with Crippen LogP contribution in [0.3, 0.4) is 0 Å². The lowest BCUT2D eigenvalue weighted by molar-refractivity contribution is 0.276. The summed E-state index contributed by atoms with van der Waals surface area (Å²) in [6.45, 7) is 4.26. The number of likely N-dealkylation sites (tertiary alicyclic amines) is 1. The number of rotatable bonds is 1. The molecule has 0 aromatic heterocycles. The Morgan fingerprint density at radius 2 is 2.12 bits per heavy atom. The van der Waals surface area contributed by atoms with Crippen LogP contribution in [0.15, 0.2) is 24.3 Å². The molecule has 1 atom stereocenters. The maximum Gasteiger partial charge on any atom is 0.173 e. The molecule has 2 nitrogen and oxygen atoms in total. The fourth-order valence-electron chi connectivity index (χ4n) is 2.11. The minimum Gasteiger partial charge on any atom is -0.349 e. The molecule has 92 valence electrons. The number of piperidine rings is 1. The molecule has 1 aliphatic rings. The zero-order chi connectivity index (χ0) is 12.3. The summed E-state index contributed by atoms with van der Waals surface area (Å²) in [6, 6.07) is 6.28. The molecule has 1 N–H and O–H groups in total. The first-order chi connectivity index (χ1) is 8.15. The second-order valence-electron chi connectivity index (χ2n) is 4.63. The number of anilines is 1. The van der Waals surface area contributed by atoms with E-state index in [1.54, 1.807) is 12.1 Å². The van der Waals surface area contributed by atoms with E-state index in [2.05, 4.69) is 17.1 Å². The van der Waals surface area contributed by atoms with Crippen LogP contribution in [0.5, 0.6) is 0 Å². The molecule has 0 radical (unpaired) electrons.